The quantitative estimate of drug-likeness (QED) is 0.163. The molecule has 0 atom stereocenters. The predicted octanol–water partition coefficient (Wildman–Crippen LogP) is 17.9. The molecular weight excluding hydrogens is 769 g/mol. The second kappa shape index (κ2) is 13.6. The Morgan fingerprint density at radius 1 is 0.172 bits per heavy atom. The Kier molecular flexibility index (Phi) is 7.49. The van der Waals surface area contributed by atoms with Gasteiger partial charge in [-0.2, -0.15) is 0 Å². The lowest BCUT2D eigenvalue weighted by atomic mass is 9.79. The molecule has 0 aliphatic heterocycles. The molecular formula is C64H38. The monoisotopic (exact) mass is 806 g/mol. The van der Waals surface area contributed by atoms with Crippen molar-refractivity contribution >= 4 is 43.1 Å². The first-order valence-corrected chi connectivity index (χ1v) is 22.3. The van der Waals surface area contributed by atoms with Crippen LogP contribution in [0.2, 0.25) is 0 Å². The van der Waals surface area contributed by atoms with Gasteiger partial charge < -0.3 is 0 Å². The van der Waals surface area contributed by atoms with Gasteiger partial charge in [-0.05, 0) is 161 Å². The summed E-state index contributed by atoms with van der Waals surface area (Å²) in [6, 6.07) is 86.2. The third kappa shape index (κ3) is 4.94. The molecule has 64 heavy (non-hydrogen) atoms. The molecule has 0 unspecified atom stereocenters. The van der Waals surface area contributed by atoms with E-state index in [0.29, 0.717) is 0 Å². The Balaban J connectivity index is 1.16. The highest BCUT2D eigenvalue weighted by Crippen LogP contribution is 2.60. The molecule has 12 aromatic rings. The average molecular weight is 807 g/mol. The topological polar surface area (TPSA) is 0 Å². The first-order valence-electron chi connectivity index (χ1n) is 22.3. The van der Waals surface area contributed by atoms with Gasteiger partial charge >= 0.3 is 0 Å². The summed E-state index contributed by atoms with van der Waals surface area (Å²) in [7, 11) is 0. The maximum Gasteiger partial charge on any atom is -0.000741 e. The van der Waals surface area contributed by atoms with Gasteiger partial charge in [0.15, 0.2) is 0 Å². The SMILES string of the molecule is c1ccc(-c2cc(-c3c4c(c(-c5ccccc5)c5ccccc35)-c3cccc5cccc-4c35)cc(-c3c4c(c(-c5ccccc5)c5ccccc35)-c3cccc5cccc-4c35)c2)cc1. The van der Waals surface area contributed by atoms with Gasteiger partial charge in [-0.3, -0.25) is 0 Å². The second-order valence-corrected chi connectivity index (χ2v) is 17.4. The highest BCUT2D eigenvalue weighted by molar-refractivity contribution is 6.30. The largest absolute Gasteiger partial charge is 0.0622 e. The summed E-state index contributed by atoms with van der Waals surface area (Å²) in [5, 5.41) is 10.2. The van der Waals surface area contributed by atoms with Crippen LogP contribution in [0, 0.1) is 0 Å². The molecule has 12 aromatic carbocycles. The van der Waals surface area contributed by atoms with Crippen molar-refractivity contribution in [2.75, 3.05) is 0 Å². The van der Waals surface area contributed by atoms with E-state index in [2.05, 4.69) is 231 Å². The van der Waals surface area contributed by atoms with Crippen LogP contribution in [0.15, 0.2) is 231 Å². The summed E-state index contributed by atoms with van der Waals surface area (Å²) >= 11 is 0. The summed E-state index contributed by atoms with van der Waals surface area (Å²) in [5.74, 6) is 0. The molecule has 0 saturated heterocycles. The van der Waals surface area contributed by atoms with E-state index in [4.69, 9.17) is 0 Å². The van der Waals surface area contributed by atoms with Crippen molar-refractivity contribution in [1.29, 1.82) is 0 Å². The molecule has 0 nitrogen and oxygen atoms in total. The van der Waals surface area contributed by atoms with Crippen molar-refractivity contribution in [3.05, 3.63) is 231 Å². The predicted molar refractivity (Wildman–Crippen MR) is 273 cm³/mol. The van der Waals surface area contributed by atoms with Gasteiger partial charge in [0.05, 0.1) is 0 Å². The minimum atomic E-state index is 1.20. The van der Waals surface area contributed by atoms with E-state index in [1.807, 2.05) is 0 Å². The normalized spacial score (nSPS) is 12.1. The van der Waals surface area contributed by atoms with Gasteiger partial charge in [0.2, 0.25) is 0 Å². The zero-order chi connectivity index (χ0) is 41.9. The number of hydrogen-bond donors (Lipinski definition) is 0. The van der Waals surface area contributed by atoms with Crippen LogP contribution < -0.4 is 0 Å². The van der Waals surface area contributed by atoms with Crippen LogP contribution in [0.5, 0.6) is 0 Å². The maximum atomic E-state index is 2.52. The van der Waals surface area contributed by atoms with Crippen LogP contribution in [-0.2, 0) is 0 Å². The molecule has 294 valence electrons. The van der Waals surface area contributed by atoms with Gasteiger partial charge in [0, 0.05) is 0 Å². The standard InChI is InChI=1S/C64H38/c1-4-18-39(19-5-1)44-36-45(59-49-30-12-10-28-47(49)57(42-20-6-2-7-21-42)61-51-32-14-24-40-26-16-34-53(55(40)51)63(59)61)38-46(37-44)60-50-31-13-11-29-48(50)58(43-22-8-3-9-23-43)62-52-33-15-25-41-27-17-35-54(56(41)52)64(60)62/h1-38H. The van der Waals surface area contributed by atoms with E-state index in [1.165, 1.54) is 143 Å². The van der Waals surface area contributed by atoms with Crippen molar-refractivity contribution in [2.24, 2.45) is 0 Å². The summed E-state index contributed by atoms with van der Waals surface area (Å²) in [6.45, 7) is 0. The Bertz CT molecular complexity index is 3670. The number of fused-ring (bicyclic) bond motifs is 8. The summed E-state index contributed by atoms with van der Waals surface area (Å²) in [4.78, 5) is 0. The molecule has 0 saturated carbocycles. The van der Waals surface area contributed by atoms with Crippen LogP contribution in [-0.4, -0.2) is 0 Å². The minimum Gasteiger partial charge on any atom is -0.0622 e. The third-order valence-corrected chi connectivity index (χ3v) is 14.1. The molecule has 0 N–H and O–H groups in total. The molecule has 0 heterocycles. The first kappa shape index (κ1) is 35.3. The van der Waals surface area contributed by atoms with Crippen LogP contribution in [0.3, 0.4) is 0 Å². The molecule has 0 aromatic heterocycles. The fourth-order valence-corrected chi connectivity index (χ4v) is 11.6. The molecule has 0 heteroatoms. The van der Waals surface area contributed by atoms with E-state index in [0.717, 1.165) is 0 Å². The van der Waals surface area contributed by atoms with E-state index in [9.17, 15) is 0 Å². The van der Waals surface area contributed by atoms with Crippen LogP contribution in [0.4, 0.5) is 0 Å². The molecule has 14 rings (SSSR count). The van der Waals surface area contributed by atoms with Gasteiger partial charge in [0.25, 0.3) is 0 Å². The lowest BCUT2D eigenvalue weighted by Gasteiger charge is -2.23. The van der Waals surface area contributed by atoms with Crippen molar-refractivity contribution < 1.29 is 0 Å². The zero-order valence-electron chi connectivity index (χ0n) is 34.9. The highest BCUT2D eigenvalue weighted by Gasteiger charge is 2.33. The summed E-state index contributed by atoms with van der Waals surface area (Å²) in [6.07, 6.45) is 0. The minimum absolute atomic E-state index is 1.20. The fraction of sp³-hybridized carbons (Fsp3) is 0. The third-order valence-electron chi connectivity index (χ3n) is 14.1. The molecule has 2 aliphatic carbocycles. The van der Waals surface area contributed by atoms with Gasteiger partial charge in [-0.25, -0.2) is 0 Å². The molecule has 2 aliphatic rings. The summed E-state index contributed by atoms with van der Waals surface area (Å²) in [5.41, 5.74) is 22.9. The molecule has 0 spiro atoms. The average Bonchev–Trinajstić information content (AvgIpc) is 3.87. The molecule has 0 fully saturated rings. The Morgan fingerprint density at radius 2 is 0.453 bits per heavy atom. The van der Waals surface area contributed by atoms with E-state index >= 15 is 0 Å². The maximum absolute atomic E-state index is 2.52. The van der Waals surface area contributed by atoms with Crippen LogP contribution in [0.25, 0.3) is 143 Å². The van der Waals surface area contributed by atoms with Crippen molar-refractivity contribution in [3.8, 4) is 100 Å². The first-order chi connectivity index (χ1) is 31.8. The van der Waals surface area contributed by atoms with Gasteiger partial charge in [-0.1, -0.05) is 212 Å². The molecule has 0 radical (unpaired) electrons. The van der Waals surface area contributed by atoms with Gasteiger partial charge in [-0.15, -0.1) is 0 Å². The number of hydrogen-bond acceptors (Lipinski definition) is 0. The Hall–Kier alpha value is -8.32. The molecule has 0 amide bonds. The van der Waals surface area contributed by atoms with E-state index < -0.39 is 0 Å². The van der Waals surface area contributed by atoms with Crippen LogP contribution in [0.1, 0.15) is 0 Å². The van der Waals surface area contributed by atoms with Crippen molar-refractivity contribution in [1.82, 2.24) is 0 Å². The zero-order valence-corrected chi connectivity index (χ0v) is 34.9. The number of benzene rings is 12. The lowest BCUT2D eigenvalue weighted by molar-refractivity contribution is 1.58. The fourth-order valence-electron chi connectivity index (χ4n) is 11.6. The summed E-state index contributed by atoms with van der Waals surface area (Å²) < 4.78 is 0. The Morgan fingerprint density at radius 3 is 0.797 bits per heavy atom. The van der Waals surface area contributed by atoms with E-state index in [-0.39, 0.29) is 0 Å². The van der Waals surface area contributed by atoms with Crippen molar-refractivity contribution in [2.45, 2.75) is 0 Å². The number of rotatable bonds is 5. The second-order valence-electron chi connectivity index (χ2n) is 17.4. The Labute approximate surface area is 372 Å². The smallest absolute Gasteiger partial charge is 0.000741 e. The van der Waals surface area contributed by atoms with Crippen molar-refractivity contribution in [3.63, 3.8) is 0 Å². The van der Waals surface area contributed by atoms with Crippen LogP contribution >= 0.6 is 0 Å². The lowest BCUT2D eigenvalue weighted by Crippen LogP contribution is -1.96. The van der Waals surface area contributed by atoms with E-state index in [1.54, 1.807) is 0 Å². The molecule has 0 bridgehead atoms. The highest BCUT2D eigenvalue weighted by atomic mass is 14.4. The van der Waals surface area contributed by atoms with Gasteiger partial charge in [0.1, 0.15) is 0 Å².